The van der Waals surface area contributed by atoms with Crippen LogP contribution < -0.4 is 0 Å². The lowest BCUT2D eigenvalue weighted by Gasteiger charge is -2.22. The summed E-state index contributed by atoms with van der Waals surface area (Å²) in [5, 5.41) is 8.98. The van der Waals surface area contributed by atoms with Crippen LogP contribution in [0.2, 0.25) is 0 Å². The van der Waals surface area contributed by atoms with E-state index in [0.717, 1.165) is 16.5 Å². The average Bonchev–Trinajstić information content (AvgIpc) is 2.31. The molecule has 0 radical (unpaired) electrons. The number of aliphatic hydroxyl groups excluding tert-OH is 1. The Balaban J connectivity index is 2.96. The number of aryl methyl sites for hydroxylation is 1. The predicted molar refractivity (Wildman–Crippen MR) is 72.2 cm³/mol. The Morgan fingerprint density at radius 1 is 1.41 bits per heavy atom. The van der Waals surface area contributed by atoms with Gasteiger partial charge in [0.1, 0.15) is 0 Å². The fourth-order valence-corrected chi connectivity index (χ4v) is 2.12. The molecule has 1 N–H and O–H groups in total. The van der Waals surface area contributed by atoms with Gasteiger partial charge < -0.3 is 10.0 Å². The number of aliphatic hydroxyl groups is 1. The molecule has 94 valence electrons. The van der Waals surface area contributed by atoms with Crippen LogP contribution in [-0.4, -0.2) is 35.6 Å². The van der Waals surface area contributed by atoms with Crippen LogP contribution in [0.5, 0.6) is 0 Å². The fourth-order valence-electron chi connectivity index (χ4n) is 1.69. The lowest BCUT2D eigenvalue weighted by molar-refractivity contribution is 0.0721. The van der Waals surface area contributed by atoms with E-state index in [1.807, 2.05) is 26.0 Å². The van der Waals surface area contributed by atoms with E-state index in [0.29, 0.717) is 18.7 Å². The molecular weight excluding hydrogens is 282 g/mol. The van der Waals surface area contributed by atoms with Gasteiger partial charge in [0, 0.05) is 17.6 Å². The maximum atomic E-state index is 12.3. The van der Waals surface area contributed by atoms with E-state index >= 15 is 0 Å². The predicted octanol–water partition coefficient (Wildman–Crippen LogP) is 2.60. The first-order chi connectivity index (χ1) is 8.11. The molecule has 0 aliphatic carbocycles. The first kappa shape index (κ1) is 14.2. The van der Waals surface area contributed by atoms with Crippen molar-refractivity contribution in [3.63, 3.8) is 0 Å². The molecule has 3 nitrogen and oxygen atoms in total. The van der Waals surface area contributed by atoms with Crippen molar-refractivity contribution in [2.75, 3.05) is 19.7 Å². The van der Waals surface area contributed by atoms with Gasteiger partial charge in [-0.05, 0) is 40.9 Å². The van der Waals surface area contributed by atoms with Gasteiger partial charge in [0.05, 0.1) is 12.2 Å². The van der Waals surface area contributed by atoms with E-state index in [1.165, 1.54) is 0 Å². The van der Waals surface area contributed by atoms with Gasteiger partial charge in [0.2, 0.25) is 0 Å². The lowest BCUT2D eigenvalue weighted by Crippen LogP contribution is -2.34. The van der Waals surface area contributed by atoms with Crippen molar-refractivity contribution >= 4 is 21.8 Å². The van der Waals surface area contributed by atoms with Crippen LogP contribution >= 0.6 is 15.9 Å². The molecule has 0 saturated heterocycles. The molecule has 17 heavy (non-hydrogen) atoms. The summed E-state index contributed by atoms with van der Waals surface area (Å²) < 4.78 is 0.837. The topological polar surface area (TPSA) is 40.5 Å². The molecule has 0 aliphatic heterocycles. The summed E-state index contributed by atoms with van der Waals surface area (Å²) in [6, 6.07) is 5.63. The summed E-state index contributed by atoms with van der Waals surface area (Å²) in [6.45, 7) is 5.02. The minimum atomic E-state index is -0.0310. The molecule has 0 aromatic heterocycles. The minimum Gasteiger partial charge on any atom is -0.395 e. The molecule has 0 bridgehead atoms. The lowest BCUT2D eigenvalue weighted by atomic mass is 10.1. The van der Waals surface area contributed by atoms with Crippen molar-refractivity contribution in [1.29, 1.82) is 0 Å². The average molecular weight is 300 g/mol. The highest BCUT2D eigenvalue weighted by Crippen LogP contribution is 2.22. The van der Waals surface area contributed by atoms with Crippen molar-refractivity contribution in [3.8, 4) is 0 Å². The normalized spacial score (nSPS) is 10.4. The van der Waals surface area contributed by atoms with Gasteiger partial charge in [-0.2, -0.15) is 0 Å². The Hall–Kier alpha value is -0.870. The third kappa shape index (κ3) is 3.54. The number of hydrogen-bond donors (Lipinski definition) is 1. The van der Waals surface area contributed by atoms with E-state index < -0.39 is 0 Å². The zero-order valence-corrected chi connectivity index (χ0v) is 11.8. The molecular formula is C13H18BrNO2. The van der Waals surface area contributed by atoms with Gasteiger partial charge in [0.15, 0.2) is 0 Å². The third-order valence-corrected chi connectivity index (χ3v) is 3.63. The Labute approximate surface area is 111 Å². The van der Waals surface area contributed by atoms with E-state index in [1.54, 1.807) is 11.0 Å². The second-order valence-electron chi connectivity index (χ2n) is 3.95. The van der Waals surface area contributed by atoms with Gasteiger partial charge in [-0.15, -0.1) is 0 Å². The molecule has 1 aromatic rings. The molecule has 1 aromatic carbocycles. The zero-order valence-electron chi connectivity index (χ0n) is 10.2. The fraction of sp³-hybridized carbons (Fsp3) is 0.462. The largest absolute Gasteiger partial charge is 0.395 e. The number of benzene rings is 1. The molecule has 1 rings (SSSR count). The van der Waals surface area contributed by atoms with Crippen LogP contribution in [0.3, 0.4) is 0 Å². The second kappa shape index (κ2) is 6.77. The van der Waals surface area contributed by atoms with Crippen LogP contribution in [0.25, 0.3) is 0 Å². The number of hydrogen-bond acceptors (Lipinski definition) is 2. The molecule has 0 unspecified atom stereocenters. The standard InChI is InChI=1S/C13H18BrNO2/c1-3-7-15(8-9-16)13(17)11-6-4-5-10(2)12(11)14/h4-6,16H,3,7-9H2,1-2H3. The van der Waals surface area contributed by atoms with Crippen molar-refractivity contribution in [2.45, 2.75) is 20.3 Å². The van der Waals surface area contributed by atoms with E-state index in [9.17, 15) is 4.79 Å². The summed E-state index contributed by atoms with van der Waals surface area (Å²) in [4.78, 5) is 14.0. The Morgan fingerprint density at radius 3 is 2.71 bits per heavy atom. The molecule has 1 amide bonds. The van der Waals surface area contributed by atoms with Gasteiger partial charge in [0.25, 0.3) is 5.91 Å². The van der Waals surface area contributed by atoms with E-state index in [2.05, 4.69) is 15.9 Å². The first-order valence-electron chi connectivity index (χ1n) is 5.77. The monoisotopic (exact) mass is 299 g/mol. The summed E-state index contributed by atoms with van der Waals surface area (Å²) in [5.41, 5.74) is 1.70. The maximum absolute atomic E-state index is 12.3. The molecule has 4 heteroatoms. The molecule has 0 fully saturated rings. The Morgan fingerprint density at radius 2 is 2.12 bits per heavy atom. The smallest absolute Gasteiger partial charge is 0.255 e. The maximum Gasteiger partial charge on any atom is 0.255 e. The molecule has 0 atom stereocenters. The number of carbonyl (C=O) groups is 1. The highest BCUT2D eigenvalue weighted by Gasteiger charge is 2.17. The number of amides is 1. The third-order valence-electron chi connectivity index (χ3n) is 2.57. The SMILES string of the molecule is CCCN(CCO)C(=O)c1cccc(C)c1Br. The van der Waals surface area contributed by atoms with Gasteiger partial charge in [-0.3, -0.25) is 4.79 Å². The zero-order chi connectivity index (χ0) is 12.8. The molecule has 0 saturated carbocycles. The van der Waals surface area contributed by atoms with E-state index in [-0.39, 0.29) is 12.5 Å². The van der Waals surface area contributed by atoms with Crippen molar-refractivity contribution < 1.29 is 9.90 Å². The number of nitrogens with zero attached hydrogens (tertiary/aromatic N) is 1. The van der Waals surface area contributed by atoms with Crippen molar-refractivity contribution in [2.24, 2.45) is 0 Å². The highest BCUT2D eigenvalue weighted by atomic mass is 79.9. The van der Waals surface area contributed by atoms with Crippen LogP contribution in [0.15, 0.2) is 22.7 Å². The summed E-state index contributed by atoms with van der Waals surface area (Å²) in [6.07, 6.45) is 0.884. The molecule has 0 spiro atoms. The quantitative estimate of drug-likeness (QED) is 0.908. The summed E-state index contributed by atoms with van der Waals surface area (Å²) in [7, 11) is 0. The number of carbonyl (C=O) groups excluding carboxylic acids is 1. The van der Waals surface area contributed by atoms with Crippen molar-refractivity contribution in [3.05, 3.63) is 33.8 Å². The highest BCUT2D eigenvalue weighted by molar-refractivity contribution is 9.10. The minimum absolute atomic E-state index is 0.00479. The summed E-state index contributed by atoms with van der Waals surface area (Å²) in [5.74, 6) is -0.0310. The van der Waals surface area contributed by atoms with Gasteiger partial charge in [-0.25, -0.2) is 0 Å². The second-order valence-corrected chi connectivity index (χ2v) is 4.75. The first-order valence-corrected chi connectivity index (χ1v) is 6.56. The van der Waals surface area contributed by atoms with Crippen LogP contribution in [-0.2, 0) is 0 Å². The van der Waals surface area contributed by atoms with Gasteiger partial charge >= 0.3 is 0 Å². The van der Waals surface area contributed by atoms with Crippen molar-refractivity contribution in [1.82, 2.24) is 4.90 Å². The Bertz CT molecular complexity index is 387. The molecule has 0 aliphatic rings. The summed E-state index contributed by atoms with van der Waals surface area (Å²) >= 11 is 3.44. The van der Waals surface area contributed by atoms with Gasteiger partial charge in [-0.1, -0.05) is 19.1 Å². The number of rotatable bonds is 5. The van der Waals surface area contributed by atoms with Crippen LogP contribution in [0, 0.1) is 6.92 Å². The molecule has 0 heterocycles. The van der Waals surface area contributed by atoms with Crippen LogP contribution in [0.4, 0.5) is 0 Å². The van der Waals surface area contributed by atoms with E-state index in [4.69, 9.17) is 5.11 Å². The Kier molecular flexibility index (Phi) is 5.65. The number of halogens is 1. The van der Waals surface area contributed by atoms with Crippen LogP contribution in [0.1, 0.15) is 29.3 Å².